The molecular formula is C13H24N4. The van der Waals surface area contributed by atoms with E-state index in [9.17, 15) is 0 Å². The number of hydrogen-bond acceptors (Lipinski definition) is 3. The van der Waals surface area contributed by atoms with Crippen LogP contribution in [0.25, 0.3) is 0 Å². The number of aromatic nitrogens is 3. The molecule has 0 amide bonds. The van der Waals surface area contributed by atoms with Gasteiger partial charge in [-0.2, -0.15) is 5.10 Å². The molecule has 0 radical (unpaired) electrons. The lowest BCUT2D eigenvalue weighted by molar-refractivity contribution is 0.229. The molecule has 4 heteroatoms. The Kier molecular flexibility index (Phi) is 4.15. The van der Waals surface area contributed by atoms with E-state index in [1.165, 1.54) is 19.3 Å². The minimum atomic E-state index is 0.690. The second-order valence-corrected chi connectivity index (χ2v) is 5.54. The van der Waals surface area contributed by atoms with Crippen molar-refractivity contribution in [2.75, 3.05) is 6.54 Å². The molecule has 1 saturated carbocycles. The third-order valence-corrected chi connectivity index (χ3v) is 3.83. The second-order valence-electron chi connectivity index (χ2n) is 5.54. The lowest BCUT2D eigenvalue weighted by atomic mass is 9.80. The third-order valence-electron chi connectivity index (χ3n) is 3.83. The maximum atomic E-state index is 4.29. The van der Waals surface area contributed by atoms with Crippen LogP contribution in [0.5, 0.6) is 0 Å². The molecule has 0 saturated heterocycles. The Morgan fingerprint density at radius 1 is 1.41 bits per heavy atom. The van der Waals surface area contributed by atoms with E-state index in [0.29, 0.717) is 6.04 Å². The molecule has 3 unspecified atom stereocenters. The molecule has 0 spiro atoms. The van der Waals surface area contributed by atoms with Gasteiger partial charge in [-0.15, -0.1) is 0 Å². The Morgan fingerprint density at radius 2 is 2.24 bits per heavy atom. The number of nitrogens with zero attached hydrogens (tertiary/aromatic N) is 3. The van der Waals surface area contributed by atoms with Crippen molar-refractivity contribution in [2.24, 2.45) is 18.9 Å². The predicted molar refractivity (Wildman–Crippen MR) is 68.7 cm³/mol. The summed E-state index contributed by atoms with van der Waals surface area (Å²) in [4.78, 5) is 4.24. The monoisotopic (exact) mass is 236 g/mol. The van der Waals surface area contributed by atoms with Crippen molar-refractivity contribution in [3.63, 3.8) is 0 Å². The topological polar surface area (TPSA) is 42.7 Å². The molecule has 1 N–H and O–H groups in total. The van der Waals surface area contributed by atoms with Crippen LogP contribution in [-0.4, -0.2) is 27.4 Å². The summed E-state index contributed by atoms with van der Waals surface area (Å²) in [6.45, 7) is 5.73. The normalized spacial score (nSPS) is 29.5. The summed E-state index contributed by atoms with van der Waals surface area (Å²) in [6, 6.07) is 0.690. The first-order valence-electron chi connectivity index (χ1n) is 6.73. The van der Waals surface area contributed by atoms with Gasteiger partial charge in [0.2, 0.25) is 0 Å². The molecule has 2 rings (SSSR count). The lowest BCUT2D eigenvalue weighted by Crippen LogP contribution is -2.40. The van der Waals surface area contributed by atoms with E-state index in [1.807, 2.05) is 7.05 Å². The minimum absolute atomic E-state index is 0.690. The van der Waals surface area contributed by atoms with Crippen molar-refractivity contribution >= 4 is 0 Å². The fourth-order valence-corrected chi connectivity index (χ4v) is 2.84. The van der Waals surface area contributed by atoms with Crippen molar-refractivity contribution in [3.05, 3.63) is 12.2 Å². The molecule has 1 heterocycles. The van der Waals surface area contributed by atoms with E-state index in [0.717, 1.165) is 30.6 Å². The molecule has 0 bridgehead atoms. The van der Waals surface area contributed by atoms with E-state index in [4.69, 9.17) is 0 Å². The molecule has 1 aromatic rings. The van der Waals surface area contributed by atoms with Crippen molar-refractivity contribution in [3.8, 4) is 0 Å². The number of nitrogens with one attached hydrogen (secondary N) is 1. The molecule has 1 aliphatic carbocycles. The fraction of sp³-hybridized carbons (Fsp3) is 0.846. The maximum absolute atomic E-state index is 4.29. The van der Waals surface area contributed by atoms with Crippen molar-refractivity contribution in [1.82, 2.24) is 20.1 Å². The Labute approximate surface area is 104 Å². The average Bonchev–Trinajstić information content (AvgIpc) is 2.68. The highest BCUT2D eigenvalue weighted by Crippen LogP contribution is 2.28. The van der Waals surface area contributed by atoms with Gasteiger partial charge < -0.3 is 5.32 Å². The molecule has 0 aromatic carbocycles. The Balaban J connectivity index is 1.71. The van der Waals surface area contributed by atoms with Crippen LogP contribution in [0.15, 0.2) is 6.33 Å². The molecule has 1 fully saturated rings. The summed E-state index contributed by atoms with van der Waals surface area (Å²) in [5, 5.41) is 7.95. The van der Waals surface area contributed by atoms with Crippen molar-refractivity contribution in [2.45, 2.75) is 45.6 Å². The zero-order chi connectivity index (χ0) is 12.3. The van der Waals surface area contributed by atoms with Crippen LogP contribution in [0.4, 0.5) is 0 Å². The summed E-state index contributed by atoms with van der Waals surface area (Å²) >= 11 is 0. The molecular weight excluding hydrogens is 212 g/mol. The van der Waals surface area contributed by atoms with Crippen molar-refractivity contribution in [1.29, 1.82) is 0 Å². The maximum Gasteiger partial charge on any atom is 0.151 e. The molecule has 17 heavy (non-hydrogen) atoms. The smallest absolute Gasteiger partial charge is 0.151 e. The summed E-state index contributed by atoms with van der Waals surface area (Å²) in [5.41, 5.74) is 0. The molecule has 96 valence electrons. The van der Waals surface area contributed by atoms with Gasteiger partial charge in [-0.1, -0.05) is 13.8 Å². The average molecular weight is 236 g/mol. The highest BCUT2D eigenvalue weighted by Gasteiger charge is 2.24. The highest BCUT2D eigenvalue weighted by atomic mass is 15.3. The molecule has 1 aromatic heterocycles. The van der Waals surface area contributed by atoms with Crippen molar-refractivity contribution < 1.29 is 0 Å². The Hall–Kier alpha value is -0.900. The first-order chi connectivity index (χ1) is 8.15. The second kappa shape index (κ2) is 5.63. The number of hydrogen-bond donors (Lipinski definition) is 1. The van der Waals surface area contributed by atoms with Crippen LogP contribution in [0.2, 0.25) is 0 Å². The Bertz CT molecular complexity index is 347. The number of rotatable bonds is 4. The first-order valence-corrected chi connectivity index (χ1v) is 6.73. The van der Waals surface area contributed by atoms with Gasteiger partial charge in [-0.05, 0) is 31.1 Å². The van der Waals surface area contributed by atoms with Gasteiger partial charge in [-0.25, -0.2) is 4.98 Å². The third kappa shape index (κ3) is 3.53. The quantitative estimate of drug-likeness (QED) is 0.866. The van der Waals surface area contributed by atoms with Crippen LogP contribution in [0.1, 0.15) is 38.9 Å². The summed E-state index contributed by atoms with van der Waals surface area (Å²) < 4.78 is 1.76. The van der Waals surface area contributed by atoms with E-state index in [1.54, 1.807) is 11.0 Å². The van der Waals surface area contributed by atoms with Gasteiger partial charge >= 0.3 is 0 Å². The molecule has 0 aliphatic heterocycles. The van der Waals surface area contributed by atoms with Gasteiger partial charge in [0.25, 0.3) is 0 Å². The van der Waals surface area contributed by atoms with Gasteiger partial charge in [0.05, 0.1) is 0 Å². The molecule has 1 aliphatic rings. The first kappa shape index (κ1) is 12.6. The summed E-state index contributed by atoms with van der Waals surface area (Å²) in [7, 11) is 1.91. The summed E-state index contributed by atoms with van der Waals surface area (Å²) in [6.07, 6.45) is 6.74. The van der Waals surface area contributed by atoms with E-state index in [2.05, 4.69) is 29.2 Å². The van der Waals surface area contributed by atoms with Gasteiger partial charge in [0.15, 0.2) is 5.82 Å². The molecule has 4 nitrogen and oxygen atoms in total. The molecule has 3 atom stereocenters. The van der Waals surface area contributed by atoms with Crippen LogP contribution < -0.4 is 5.32 Å². The van der Waals surface area contributed by atoms with Crippen LogP contribution in [0, 0.1) is 11.8 Å². The predicted octanol–water partition coefficient (Wildman–Crippen LogP) is 1.77. The standard InChI is InChI=1S/C13H24N4/c1-10-4-5-12(11(2)8-10)14-7-6-13-15-9-17(3)16-13/h9-12,14H,4-8H2,1-3H3. The van der Waals surface area contributed by atoms with Crippen LogP contribution in [-0.2, 0) is 13.5 Å². The zero-order valence-corrected chi connectivity index (χ0v) is 11.2. The van der Waals surface area contributed by atoms with E-state index >= 15 is 0 Å². The Morgan fingerprint density at radius 3 is 2.88 bits per heavy atom. The lowest BCUT2D eigenvalue weighted by Gasteiger charge is -2.33. The van der Waals surface area contributed by atoms with Gasteiger partial charge in [0.1, 0.15) is 6.33 Å². The van der Waals surface area contributed by atoms with E-state index in [-0.39, 0.29) is 0 Å². The highest BCUT2D eigenvalue weighted by molar-refractivity contribution is 4.85. The van der Waals surface area contributed by atoms with Crippen LogP contribution >= 0.6 is 0 Å². The summed E-state index contributed by atoms with van der Waals surface area (Å²) in [5.74, 6) is 2.65. The van der Waals surface area contributed by atoms with Gasteiger partial charge in [0, 0.05) is 26.1 Å². The largest absolute Gasteiger partial charge is 0.313 e. The number of aryl methyl sites for hydroxylation is 1. The SMILES string of the molecule is CC1CCC(NCCc2ncn(C)n2)C(C)C1. The zero-order valence-electron chi connectivity index (χ0n) is 11.2. The van der Waals surface area contributed by atoms with E-state index < -0.39 is 0 Å². The fourth-order valence-electron chi connectivity index (χ4n) is 2.84. The van der Waals surface area contributed by atoms with Crippen LogP contribution in [0.3, 0.4) is 0 Å². The van der Waals surface area contributed by atoms with Gasteiger partial charge in [-0.3, -0.25) is 4.68 Å². The minimum Gasteiger partial charge on any atom is -0.313 e.